The van der Waals surface area contributed by atoms with Crippen molar-refractivity contribution in [2.24, 2.45) is 0 Å². The molecule has 0 saturated carbocycles. The summed E-state index contributed by atoms with van der Waals surface area (Å²) in [6.45, 7) is 0.626. The number of nitrogens with one attached hydrogen (secondary N) is 1. The van der Waals surface area contributed by atoms with Crippen LogP contribution in [0.5, 0.6) is 0 Å². The molecular formula is C22H18Cl2N2O5S. The molecule has 1 atom stereocenters. The number of carbonyl (C=O) groups excluding carboxylic acids is 2. The summed E-state index contributed by atoms with van der Waals surface area (Å²) in [5.74, 6) is -0.922. The van der Waals surface area contributed by atoms with Gasteiger partial charge in [-0.1, -0.05) is 53.5 Å². The summed E-state index contributed by atoms with van der Waals surface area (Å²) in [5.41, 5.74) is 1.63. The van der Waals surface area contributed by atoms with E-state index in [2.05, 4.69) is 4.98 Å². The van der Waals surface area contributed by atoms with Gasteiger partial charge in [0.15, 0.2) is 5.25 Å². The van der Waals surface area contributed by atoms with Crippen LogP contribution >= 0.6 is 23.2 Å². The Morgan fingerprint density at radius 1 is 1.03 bits per heavy atom. The van der Waals surface area contributed by atoms with E-state index in [1.54, 1.807) is 6.07 Å². The lowest BCUT2D eigenvalue weighted by Gasteiger charge is -2.14. The van der Waals surface area contributed by atoms with Gasteiger partial charge in [0.05, 0.1) is 24.5 Å². The van der Waals surface area contributed by atoms with Crippen molar-refractivity contribution in [1.82, 2.24) is 9.71 Å². The van der Waals surface area contributed by atoms with Crippen molar-refractivity contribution < 1.29 is 22.7 Å². The van der Waals surface area contributed by atoms with Crippen LogP contribution in [0.2, 0.25) is 10.0 Å². The fourth-order valence-electron chi connectivity index (χ4n) is 2.81. The number of carbonyl (C=O) groups is 2. The number of ether oxygens (including phenoxy) is 1. The van der Waals surface area contributed by atoms with Gasteiger partial charge in [-0.25, -0.2) is 13.1 Å². The molecule has 1 N–H and O–H groups in total. The van der Waals surface area contributed by atoms with Gasteiger partial charge in [-0.05, 0) is 41.5 Å². The van der Waals surface area contributed by atoms with Crippen LogP contribution in [0.4, 0.5) is 0 Å². The second-order valence-corrected chi connectivity index (χ2v) is 9.43. The normalized spacial score (nSPS) is 12.2. The van der Waals surface area contributed by atoms with Gasteiger partial charge in [-0.3, -0.25) is 9.78 Å². The quantitative estimate of drug-likeness (QED) is 0.451. The van der Waals surface area contributed by atoms with E-state index in [0.717, 1.165) is 5.56 Å². The van der Waals surface area contributed by atoms with Crippen molar-refractivity contribution in [2.45, 2.75) is 18.5 Å². The number of amides is 1. The van der Waals surface area contributed by atoms with E-state index in [1.807, 2.05) is 35.1 Å². The number of nitrogens with zero attached hydrogens (tertiary/aromatic N) is 1. The summed E-state index contributed by atoms with van der Waals surface area (Å²) >= 11 is 11.8. The first-order valence-corrected chi connectivity index (χ1v) is 11.6. The molecule has 0 fully saturated rings. The highest BCUT2D eigenvalue weighted by molar-refractivity contribution is 7.91. The van der Waals surface area contributed by atoms with Gasteiger partial charge in [0.25, 0.3) is 5.91 Å². The van der Waals surface area contributed by atoms with Crippen LogP contribution in [-0.2, 0) is 32.8 Å². The van der Waals surface area contributed by atoms with Crippen LogP contribution < -0.4 is 4.72 Å². The maximum absolute atomic E-state index is 12.6. The molecule has 1 unspecified atom stereocenters. The first kappa shape index (κ1) is 23.9. The van der Waals surface area contributed by atoms with Gasteiger partial charge in [-0.15, -0.1) is 0 Å². The summed E-state index contributed by atoms with van der Waals surface area (Å²) in [5, 5.41) is -1.34. The maximum Gasteiger partial charge on any atom is 0.266 e. The molecule has 2 aromatic carbocycles. The molecule has 166 valence electrons. The Bertz CT molecular complexity index is 1180. The number of halogens is 2. The van der Waals surface area contributed by atoms with Gasteiger partial charge >= 0.3 is 0 Å². The number of rotatable bonds is 9. The van der Waals surface area contributed by atoms with E-state index in [1.165, 1.54) is 30.5 Å². The minimum absolute atomic E-state index is 0.00848. The van der Waals surface area contributed by atoms with Crippen molar-refractivity contribution in [3.05, 3.63) is 99.3 Å². The topological polar surface area (TPSA) is 102 Å². The van der Waals surface area contributed by atoms with Crippen LogP contribution in [-0.4, -0.2) is 25.6 Å². The second kappa shape index (κ2) is 10.7. The number of hydrogen-bond acceptors (Lipinski definition) is 6. The number of sulfonamides is 1. The highest BCUT2D eigenvalue weighted by atomic mass is 35.5. The summed E-state index contributed by atoms with van der Waals surface area (Å²) in [6.07, 6.45) is 1.43. The Morgan fingerprint density at radius 3 is 2.31 bits per heavy atom. The van der Waals surface area contributed by atoms with Crippen LogP contribution in [0.3, 0.4) is 0 Å². The lowest BCUT2D eigenvalue weighted by atomic mass is 10.2. The Labute approximate surface area is 195 Å². The third-order valence-corrected chi connectivity index (χ3v) is 6.31. The Balaban J connectivity index is 1.64. The number of aldehydes is 1. The first-order valence-electron chi connectivity index (χ1n) is 9.32. The summed E-state index contributed by atoms with van der Waals surface area (Å²) in [7, 11) is -4.40. The van der Waals surface area contributed by atoms with E-state index >= 15 is 0 Å². The lowest BCUT2D eigenvalue weighted by molar-refractivity contribution is -0.107. The van der Waals surface area contributed by atoms with E-state index in [4.69, 9.17) is 27.9 Å². The van der Waals surface area contributed by atoms with Crippen molar-refractivity contribution in [3.63, 3.8) is 0 Å². The zero-order chi connectivity index (χ0) is 23.1. The van der Waals surface area contributed by atoms with Crippen molar-refractivity contribution >= 4 is 45.4 Å². The van der Waals surface area contributed by atoms with E-state index in [9.17, 15) is 18.0 Å². The molecule has 0 saturated heterocycles. The van der Waals surface area contributed by atoms with Crippen molar-refractivity contribution in [2.75, 3.05) is 0 Å². The molecule has 7 nitrogen and oxygen atoms in total. The summed E-state index contributed by atoms with van der Waals surface area (Å²) in [4.78, 5) is 28.0. The third kappa shape index (κ3) is 6.37. The molecule has 0 bridgehead atoms. The minimum Gasteiger partial charge on any atom is -0.370 e. The number of pyridine rings is 1. The van der Waals surface area contributed by atoms with Crippen LogP contribution in [0.15, 0.2) is 66.9 Å². The predicted octanol–water partition coefficient (Wildman–Crippen LogP) is 4.11. The molecular weight excluding hydrogens is 475 g/mol. The van der Waals surface area contributed by atoms with Gasteiger partial charge in [0, 0.05) is 16.2 Å². The molecule has 1 aromatic heterocycles. The highest BCUT2D eigenvalue weighted by Gasteiger charge is 2.29. The van der Waals surface area contributed by atoms with Gasteiger partial charge in [-0.2, -0.15) is 0 Å². The summed E-state index contributed by atoms with van der Waals surface area (Å²) < 4.78 is 32.7. The smallest absolute Gasteiger partial charge is 0.266 e. The molecule has 0 aliphatic heterocycles. The predicted molar refractivity (Wildman–Crippen MR) is 121 cm³/mol. The number of hydrogen-bond donors (Lipinski definition) is 1. The van der Waals surface area contributed by atoms with Crippen molar-refractivity contribution in [3.8, 4) is 0 Å². The van der Waals surface area contributed by atoms with E-state index in [0.29, 0.717) is 12.3 Å². The van der Waals surface area contributed by atoms with Gasteiger partial charge in [0.1, 0.15) is 6.29 Å². The van der Waals surface area contributed by atoms with Crippen molar-refractivity contribution in [1.29, 1.82) is 0 Å². The monoisotopic (exact) mass is 492 g/mol. The standard InChI is InChI=1S/C22H18Cl2N2O5S/c23-18-8-17(9-19(24)10-18)21(12-27)32(29,30)26-22(28)16-6-7-20(25-11-16)14-31-13-15-4-2-1-3-5-15/h1-12,21H,13-14H2,(H,26,28). The molecule has 1 amide bonds. The third-order valence-electron chi connectivity index (χ3n) is 4.35. The highest BCUT2D eigenvalue weighted by Crippen LogP contribution is 2.27. The van der Waals surface area contributed by atoms with Gasteiger partial charge < -0.3 is 9.53 Å². The molecule has 10 heteroatoms. The van der Waals surface area contributed by atoms with Crippen LogP contribution in [0.25, 0.3) is 0 Å². The Hall–Kier alpha value is -2.78. The largest absolute Gasteiger partial charge is 0.370 e. The summed E-state index contributed by atoms with van der Waals surface area (Å²) in [6, 6.07) is 16.6. The SMILES string of the molecule is O=CC(c1cc(Cl)cc(Cl)c1)S(=O)(=O)NC(=O)c1ccc(COCc2ccccc2)nc1. The molecule has 0 aliphatic carbocycles. The van der Waals surface area contributed by atoms with Crippen LogP contribution in [0, 0.1) is 0 Å². The minimum atomic E-state index is -4.40. The van der Waals surface area contributed by atoms with Crippen LogP contribution in [0.1, 0.15) is 32.4 Å². The van der Waals surface area contributed by atoms with E-state index < -0.39 is 21.2 Å². The average molecular weight is 493 g/mol. The average Bonchev–Trinajstić information content (AvgIpc) is 2.74. The molecule has 0 radical (unpaired) electrons. The Morgan fingerprint density at radius 2 is 1.72 bits per heavy atom. The maximum atomic E-state index is 12.6. The fourth-order valence-corrected chi connectivity index (χ4v) is 4.50. The lowest BCUT2D eigenvalue weighted by Crippen LogP contribution is -2.35. The molecule has 1 heterocycles. The molecule has 0 aliphatic rings. The number of aromatic nitrogens is 1. The second-order valence-electron chi connectivity index (χ2n) is 6.75. The van der Waals surface area contributed by atoms with Gasteiger partial charge in [0.2, 0.25) is 10.0 Å². The molecule has 3 rings (SSSR count). The molecule has 3 aromatic rings. The molecule has 0 spiro atoms. The van der Waals surface area contributed by atoms with E-state index in [-0.39, 0.29) is 34.1 Å². The zero-order valence-electron chi connectivity index (χ0n) is 16.6. The first-order chi connectivity index (χ1) is 15.3. The zero-order valence-corrected chi connectivity index (χ0v) is 18.9. The molecule has 32 heavy (non-hydrogen) atoms. The Kier molecular flexibility index (Phi) is 7.98. The fraction of sp³-hybridized carbons (Fsp3) is 0.136. The number of benzene rings is 2.